The topological polar surface area (TPSA) is 66.8 Å². The number of thiophene rings is 1. The van der Waals surface area contributed by atoms with Crippen LogP contribution in [0.5, 0.6) is 0 Å². The molecule has 0 aromatic carbocycles. The number of aromatic amines is 1. The number of imidazole rings is 1. The van der Waals surface area contributed by atoms with Gasteiger partial charge in [-0.05, 0) is 37.7 Å². The fourth-order valence-corrected chi connectivity index (χ4v) is 5.48. The Kier molecular flexibility index (Phi) is 3.71. The highest BCUT2D eigenvalue weighted by molar-refractivity contribution is 7.18. The third-order valence-corrected chi connectivity index (χ3v) is 6.69. The van der Waals surface area contributed by atoms with Crippen LogP contribution in [-0.4, -0.2) is 37.5 Å². The molecule has 1 fully saturated rings. The molecule has 1 saturated heterocycles. The van der Waals surface area contributed by atoms with E-state index in [1.54, 1.807) is 11.3 Å². The Morgan fingerprint density at radius 2 is 2.16 bits per heavy atom. The molecule has 130 valence electrons. The van der Waals surface area contributed by atoms with Gasteiger partial charge in [-0.25, -0.2) is 9.97 Å². The molecule has 6 nitrogen and oxygen atoms in total. The second-order valence-electron chi connectivity index (χ2n) is 7.07. The van der Waals surface area contributed by atoms with Crippen LogP contribution in [0.1, 0.15) is 41.6 Å². The number of rotatable bonds is 3. The van der Waals surface area contributed by atoms with Gasteiger partial charge in [0.2, 0.25) is 0 Å². The van der Waals surface area contributed by atoms with Crippen molar-refractivity contribution in [3.05, 3.63) is 45.3 Å². The second-order valence-corrected chi connectivity index (χ2v) is 8.15. The van der Waals surface area contributed by atoms with Crippen molar-refractivity contribution in [3.8, 4) is 0 Å². The molecule has 0 unspecified atom stereocenters. The number of piperidine rings is 1. The molecular weight excluding hydrogens is 334 g/mol. The first kappa shape index (κ1) is 15.3. The van der Waals surface area contributed by atoms with E-state index in [0.29, 0.717) is 6.04 Å². The minimum atomic E-state index is 0.0488. The summed E-state index contributed by atoms with van der Waals surface area (Å²) in [7, 11) is 0. The maximum atomic E-state index is 12.6. The van der Waals surface area contributed by atoms with Gasteiger partial charge in [-0.15, -0.1) is 11.3 Å². The van der Waals surface area contributed by atoms with Crippen molar-refractivity contribution in [2.45, 2.75) is 44.7 Å². The van der Waals surface area contributed by atoms with Gasteiger partial charge in [-0.1, -0.05) is 0 Å². The van der Waals surface area contributed by atoms with Crippen LogP contribution < -0.4 is 5.56 Å². The van der Waals surface area contributed by atoms with E-state index >= 15 is 0 Å². The van der Waals surface area contributed by atoms with Gasteiger partial charge >= 0.3 is 0 Å². The van der Waals surface area contributed by atoms with Crippen LogP contribution in [0.3, 0.4) is 0 Å². The summed E-state index contributed by atoms with van der Waals surface area (Å²) in [5, 5.41) is 0.847. The number of nitrogens with zero attached hydrogens (tertiary/aromatic N) is 4. The third-order valence-electron chi connectivity index (χ3n) is 5.50. The molecule has 1 aliphatic carbocycles. The second kappa shape index (κ2) is 6.07. The molecule has 5 rings (SSSR count). The first-order valence-corrected chi connectivity index (χ1v) is 9.83. The molecule has 7 heteroatoms. The monoisotopic (exact) mass is 355 g/mol. The highest BCUT2D eigenvalue weighted by atomic mass is 32.1. The van der Waals surface area contributed by atoms with Gasteiger partial charge in [-0.3, -0.25) is 9.69 Å². The number of hydrogen-bond acceptors (Lipinski definition) is 5. The van der Waals surface area contributed by atoms with Crippen LogP contribution in [0.15, 0.2) is 23.5 Å². The molecule has 1 N–H and O–H groups in total. The summed E-state index contributed by atoms with van der Waals surface area (Å²) in [6, 6.07) is 0.536. The average molecular weight is 355 g/mol. The molecule has 0 amide bonds. The summed E-state index contributed by atoms with van der Waals surface area (Å²) in [6.45, 7) is 2.77. The summed E-state index contributed by atoms with van der Waals surface area (Å²) < 4.78 is 2.21. The molecule has 3 aromatic heterocycles. The lowest BCUT2D eigenvalue weighted by Crippen LogP contribution is -2.35. The maximum absolute atomic E-state index is 12.6. The summed E-state index contributed by atoms with van der Waals surface area (Å²) in [4.78, 5) is 29.2. The van der Waals surface area contributed by atoms with Crippen LogP contribution in [0, 0.1) is 0 Å². The number of H-pyrrole nitrogens is 1. The number of aryl methyl sites for hydroxylation is 2. The molecule has 0 saturated carbocycles. The number of likely N-dealkylation sites (tertiary alicyclic amines) is 1. The largest absolute Gasteiger partial charge is 0.334 e. The Morgan fingerprint density at radius 3 is 2.96 bits per heavy atom. The quantitative estimate of drug-likeness (QED) is 0.784. The summed E-state index contributed by atoms with van der Waals surface area (Å²) in [5.74, 6) is 0.804. The number of nitrogens with one attached hydrogen (secondary N) is 1. The Bertz CT molecular complexity index is 950. The van der Waals surface area contributed by atoms with Crippen LogP contribution >= 0.6 is 11.3 Å². The van der Waals surface area contributed by atoms with Crippen molar-refractivity contribution < 1.29 is 0 Å². The first-order valence-electron chi connectivity index (χ1n) is 9.01. The van der Waals surface area contributed by atoms with Gasteiger partial charge in [0.1, 0.15) is 10.7 Å². The highest BCUT2D eigenvalue weighted by Crippen LogP contribution is 2.34. The van der Waals surface area contributed by atoms with E-state index in [1.165, 1.54) is 16.9 Å². The van der Waals surface area contributed by atoms with Crippen LogP contribution in [0.4, 0.5) is 0 Å². The third kappa shape index (κ3) is 2.71. The SMILES string of the molecule is O=c1[nH]c(CN2CCC(n3ccnc3)CC2)nc2sc3c(c12)CCC3. The molecule has 25 heavy (non-hydrogen) atoms. The van der Waals surface area contributed by atoms with Crippen molar-refractivity contribution in [1.82, 2.24) is 24.4 Å². The maximum Gasteiger partial charge on any atom is 0.259 e. The average Bonchev–Trinajstić information content (AvgIpc) is 3.32. The van der Waals surface area contributed by atoms with Crippen LogP contribution in [0.2, 0.25) is 0 Å². The Balaban J connectivity index is 1.32. The normalized spacial score (nSPS) is 18.9. The number of aromatic nitrogens is 4. The molecule has 0 bridgehead atoms. The zero-order valence-corrected chi connectivity index (χ0v) is 14.9. The van der Waals surface area contributed by atoms with Gasteiger partial charge in [0, 0.05) is 36.4 Å². The standard InChI is InChI=1S/C18H21N5OS/c24-17-16-13-2-1-3-14(13)25-18(16)21-15(20-17)10-22-7-4-12(5-8-22)23-9-6-19-11-23/h6,9,11-12H,1-5,7-8,10H2,(H,20,21,24). The zero-order valence-electron chi connectivity index (χ0n) is 14.1. The van der Waals surface area contributed by atoms with Gasteiger partial charge in [-0.2, -0.15) is 0 Å². The lowest BCUT2D eigenvalue weighted by Gasteiger charge is -2.32. The number of hydrogen-bond donors (Lipinski definition) is 1. The lowest BCUT2D eigenvalue weighted by atomic mass is 10.1. The van der Waals surface area contributed by atoms with E-state index in [9.17, 15) is 4.79 Å². The molecule has 0 atom stereocenters. The minimum Gasteiger partial charge on any atom is -0.334 e. The van der Waals surface area contributed by atoms with E-state index in [0.717, 1.165) is 61.4 Å². The Labute approximate surface area is 149 Å². The van der Waals surface area contributed by atoms with Gasteiger partial charge in [0.15, 0.2) is 0 Å². The van der Waals surface area contributed by atoms with Crippen molar-refractivity contribution in [2.75, 3.05) is 13.1 Å². The van der Waals surface area contributed by atoms with Crippen molar-refractivity contribution >= 4 is 21.6 Å². The summed E-state index contributed by atoms with van der Waals surface area (Å²) in [5.41, 5.74) is 1.30. The molecule has 4 heterocycles. The molecule has 0 radical (unpaired) electrons. The molecule has 2 aliphatic rings. The molecule has 1 aliphatic heterocycles. The number of fused-ring (bicyclic) bond motifs is 3. The molecular formula is C18H21N5OS. The first-order chi connectivity index (χ1) is 12.3. The smallest absolute Gasteiger partial charge is 0.259 e. The van der Waals surface area contributed by atoms with Crippen LogP contribution in [0.25, 0.3) is 10.2 Å². The van der Waals surface area contributed by atoms with Gasteiger partial charge in [0.05, 0.1) is 18.3 Å². The minimum absolute atomic E-state index is 0.0488. The highest BCUT2D eigenvalue weighted by Gasteiger charge is 2.23. The fraction of sp³-hybridized carbons (Fsp3) is 0.500. The lowest BCUT2D eigenvalue weighted by molar-refractivity contribution is 0.176. The Morgan fingerprint density at radius 1 is 1.28 bits per heavy atom. The van der Waals surface area contributed by atoms with E-state index in [2.05, 4.69) is 19.4 Å². The van der Waals surface area contributed by atoms with Crippen molar-refractivity contribution in [1.29, 1.82) is 0 Å². The summed E-state index contributed by atoms with van der Waals surface area (Å²) in [6.07, 6.45) is 11.3. The zero-order chi connectivity index (χ0) is 16.8. The van der Waals surface area contributed by atoms with E-state index in [-0.39, 0.29) is 5.56 Å². The van der Waals surface area contributed by atoms with Crippen LogP contribution in [-0.2, 0) is 19.4 Å². The van der Waals surface area contributed by atoms with E-state index < -0.39 is 0 Å². The Hall–Kier alpha value is -1.99. The van der Waals surface area contributed by atoms with E-state index in [1.807, 2.05) is 18.7 Å². The van der Waals surface area contributed by atoms with E-state index in [4.69, 9.17) is 4.98 Å². The molecule has 0 spiro atoms. The fourth-order valence-electron chi connectivity index (χ4n) is 4.19. The predicted molar refractivity (Wildman–Crippen MR) is 98.0 cm³/mol. The molecule has 3 aromatic rings. The predicted octanol–water partition coefficient (Wildman–Crippen LogP) is 2.51. The van der Waals surface area contributed by atoms with Crippen molar-refractivity contribution in [2.24, 2.45) is 0 Å². The summed E-state index contributed by atoms with van der Waals surface area (Å²) >= 11 is 1.72. The van der Waals surface area contributed by atoms with Crippen molar-refractivity contribution in [3.63, 3.8) is 0 Å². The van der Waals surface area contributed by atoms with Gasteiger partial charge < -0.3 is 9.55 Å². The van der Waals surface area contributed by atoms with Gasteiger partial charge in [0.25, 0.3) is 5.56 Å².